The van der Waals surface area contributed by atoms with Crippen molar-refractivity contribution >= 4 is 39.3 Å². The highest BCUT2D eigenvalue weighted by atomic mass is 35.5. The summed E-state index contributed by atoms with van der Waals surface area (Å²) in [5.41, 5.74) is 0.973. The Hall–Kier alpha value is -2.23. The molecule has 3 aromatic rings. The van der Waals surface area contributed by atoms with E-state index in [1.165, 1.54) is 23.9 Å². The summed E-state index contributed by atoms with van der Waals surface area (Å²) in [4.78, 5) is 0.122. The maximum absolute atomic E-state index is 12.7. The molecular weight excluding hydrogens is 432 g/mol. The quantitative estimate of drug-likeness (QED) is 0.483. The van der Waals surface area contributed by atoms with Crippen LogP contribution >= 0.6 is 23.4 Å². The topological polar surface area (TPSA) is 86.1 Å². The lowest BCUT2D eigenvalue weighted by molar-refractivity contribution is 0.340. The van der Waals surface area contributed by atoms with E-state index in [-0.39, 0.29) is 10.8 Å². The van der Waals surface area contributed by atoms with Crippen molar-refractivity contribution in [3.8, 4) is 5.75 Å². The second kappa shape index (κ2) is 9.51. The molecule has 0 amide bonds. The van der Waals surface area contributed by atoms with Crippen LogP contribution in [0.15, 0.2) is 58.6 Å². The molecule has 0 aliphatic heterocycles. The number of halogens is 1. The molecule has 0 fully saturated rings. The van der Waals surface area contributed by atoms with Crippen LogP contribution < -0.4 is 9.46 Å². The van der Waals surface area contributed by atoms with Gasteiger partial charge in [-0.05, 0) is 49.7 Å². The van der Waals surface area contributed by atoms with Gasteiger partial charge in [0.2, 0.25) is 5.95 Å². The normalized spacial score (nSPS) is 11.4. The molecule has 0 spiro atoms. The molecular formula is C19H21ClN4O3S2. The molecule has 154 valence electrons. The van der Waals surface area contributed by atoms with Gasteiger partial charge in [-0.2, -0.15) is 0 Å². The van der Waals surface area contributed by atoms with E-state index in [1.54, 1.807) is 16.7 Å². The van der Waals surface area contributed by atoms with Crippen molar-refractivity contribution in [1.29, 1.82) is 0 Å². The molecule has 0 atom stereocenters. The van der Waals surface area contributed by atoms with Crippen molar-refractivity contribution in [2.45, 2.75) is 36.2 Å². The Kier molecular flexibility index (Phi) is 7.05. The number of hydrogen-bond donors (Lipinski definition) is 1. The predicted molar refractivity (Wildman–Crippen MR) is 115 cm³/mol. The Morgan fingerprint density at radius 1 is 1.10 bits per heavy atom. The zero-order valence-corrected chi connectivity index (χ0v) is 18.4. The second-order valence-electron chi connectivity index (χ2n) is 5.94. The molecule has 2 aromatic carbocycles. The molecule has 1 N–H and O–H groups in total. The molecule has 0 aliphatic rings. The number of nitrogens with one attached hydrogen (secondary N) is 1. The highest BCUT2D eigenvalue weighted by Gasteiger charge is 2.20. The number of sulfonamides is 1. The summed E-state index contributed by atoms with van der Waals surface area (Å²) in [5.74, 6) is 1.38. The summed E-state index contributed by atoms with van der Waals surface area (Å²) in [6.07, 6.45) is 0. The first-order chi connectivity index (χ1) is 13.9. The van der Waals surface area contributed by atoms with Crippen molar-refractivity contribution in [2.24, 2.45) is 0 Å². The van der Waals surface area contributed by atoms with Crippen LogP contribution in [0.4, 0.5) is 5.95 Å². The van der Waals surface area contributed by atoms with Crippen molar-refractivity contribution < 1.29 is 13.2 Å². The van der Waals surface area contributed by atoms with E-state index in [1.807, 2.05) is 38.1 Å². The highest BCUT2D eigenvalue weighted by molar-refractivity contribution is 7.98. The standard InChI is InChI=1S/C19H21ClN4O3S2/c1-3-24-18(21-22-19(24)28-13-14-7-5-6-8-17(14)20)23-29(25,26)16-11-9-15(10-12-16)27-4-2/h5-12H,3-4,13H2,1-2H3,(H,21,23). The zero-order chi connectivity index (χ0) is 20.9. The average molecular weight is 453 g/mol. The Morgan fingerprint density at radius 3 is 2.48 bits per heavy atom. The Bertz CT molecular complexity index is 1070. The van der Waals surface area contributed by atoms with Crippen molar-refractivity contribution in [3.05, 3.63) is 59.1 Å². The third-order valence-electron chi connectivity index (χ3n) is 4.02. The predicted octanol–water partition coefficient (Wildman–Crippen LogP) is 4.44. The number of nitrogens with zero attached hydrogens (tertiary/aromatic N) is 3. The van der Waals surface area contributed by atoms with E-state index >= 15 is 0 Å². The SMILES string of the molecule is CCOc1ccc(S(=O)(=O)Nc2nnc(SCc3ccccc3Cl)n2CC)cc1. The van der Waals surface area contributed by atoms with Crippen LogP contribution in [-0.4, -0.2) is 29.8 Å². The molecule has 1 heterocycles. The van der Waals surface area contributed by atoms with Crippen molar-refractivity contribution in [1.82, 2.24) is 14.8 Å². The van der Waals surface area contributed by atoms with Gasteiger partial charge in [0, 0.05) is 17.3 Å². The fourth-order valence-electron chi connectivity index (χ4n) is 2.57. The van der Waals surface area contributed by atoms with E-state index < -0.39 is 10.0 Å². The van der Waals surface area contributed by atoms with E-state index in [0.29, 0.717) is 34.8 Å². The fourth-order valence-corrected chi connectivity index (χ4v) is 4.87. The summed E-state index contributed by atoms with van der Waals surface area (Å²) in [7, 11) is -3.80. The lowest BCUT2D eigenvalue weighted by Crippen LogP contribution is -2.16. The summed E-state index contributed by atoms with van der Waals surface area (Å²) in [6.45, 7) is 4.79. The van der Waals surface area contributed by atoms with Gasteiger partial charge in [-0.3, -0.25) is 4.57 Å². The molecule has 10 heteroatoms. The van der Waals surface area contributed by atoms with Crippen LogP contribution in [0.5, 0.6) is 5.75 Å². The Labute approximate surface area is 179 Å². The minimum Gasteiger partial charge on any atom is -0.494 e. The highest BCUT2D eigenvalue weighted by Crippen LogP contribution is 2.27. The number of anilines is 1. The zero-order valence-electron chi connectivity index (χ0n) is 16.0. The molecule has 0 aliphatic carbocycles. The number of ether oxygens (including phenoxy) is 1. The summed E-state index contributed by atoms with van der Waals surface area (Å²) >= 11 is 7.64. The molecule has 0 unspecified atom stereocenters. The van der Waals surface area contributed by atoms with Crippen molar-refractivity contribution in [2.75, 3.05) is 11.3 Å². The van der Waals surface area contributed by atoms with Crippen LogP contribution in [0.2, 0.25) is 5.02 Å². The first-order valence-corrected chi connectivity index (χ1v) is 11.8. The lowest BCUT2D eigenvalue weighted by atomic mass is 10.2. The van der Waals surface area contributed by atoms with Crippen molar-refractivity contribution in [3.63, 3.8) is 0 Å². The summed E-state index contributed by atoms with van der Waals surface area (Å²) in [6, 6.07) is 13.8. The first-order valence-electron chi connectivity index (χ1n) is 8.99. The van der Waals surface area contributed by atoms with Crippen LogP contribution in [-0.2, 0) is 22.3 Å². The first kappa shape index (κ1) is 21.5. The van der Waals surface area contributed by atoms with Gasteiger partial charge in [0.15, 0.2) is 5.16 Å². The van der Waals surface area contributed by atoms with Crippen LogP contribution in [0.3, 0.4) is 0 Å². The molecule has 29 heavy (non-hydrogen) atoms. The van der Waals surface area contributed by atoms with Gasteiger partial charge < -0.3 is 4.74 Å². The number of thioether (sulfide) groups is 1. The van der Waals surface area contributed by atoms with Crippen LogP contribution in [0.1, 0.15) is 19.4 Å². The van der Waals surface area contributed by atoms with Gasteiger partial charge in [0.1, 0.15) is 5.75 Å². The second-order valence-corrected chi connectivity index (χ2v) is 8.97. The lowest BCUT2D eigenvalue weighted by Gasteiger charge is -2.10. The molecule has 3 rings (SSSR count). The third-order valence-corrected chi connectivity index (χ3v) is 6.75. The van der Waals surface area contributed by atoms with Crippen LogP contribution in [0, 0.1) is 0 Å². The number of benzene rings is 2. The fraction of sp³-hybridized carbons (Fsp3) is 0.263. The average Bonchev–Trinajstić information content (AvgIpc) is 3.09. The van der Waals surface area contributed by atoms with E-state index in [9.17, 15) is 8.42 Å². The van der Waals surface area contributed by atoms with Gasteiger partial charge in [0.05, 0.1) is 11.5 Å². The maximum Gasteiger partial charge on any atom is 0.264 e. The summed E-state index contributed by atoms with van der Waals surface area (Å²) in [5, 5.41) is 9.45. The number of rotatable bonds is 9. The number of hydrogen-bond acceptors (Lipinski definition) is 6. The number of aromatic nitrogens is 3. The van der Waals surface area contributed by atoms with E-state index in [0.717, 1.165) is 5.56 Å². The van der Waals surface area contributed by atoms with Gasteiger partial charge in [0.25, 0.3) is 10.0 Å². The molecule has 7 nitrogen and oxygen atoms in total. The summed E-state index contributed by atoms with van der Waals surface area (Å²) < 4.78 is 35.0. The Morgan fingerprint density at radius 2 is 1.83 bits per heavy atom. The molecule has 0 radical (unpaired) electrons. The minimum atomic E-state index is -3.80. The smallest absolute Gasteiger partial charge is 0.264 e. The molecule has 1 aromatic heterocycles. The van der Waals surface area contributed by atoms with Gasteiger partial charge >= 0.3 is 0 Å². The van der Waals surface area contributed by atoms with Gasteiger partial charge in [-0.25, -0.2) is 13.1 Å². The minimum absolute atomic E-state index is 0.122. The van der Waals surface area contributed by atoms with Crippen LogP contribution in [0.25, 0.3) is 0 Å². The van der Waals surface area contributed by atoms with Gasteiger partial charge in [-0.1, -0.05) is 41.6 Å². The molecule has 0 saturated heterocycles. The van der Waals surface area contributed by atoms with E-state index in [4.69, 9.17) is 16.3 Å². The monoisotopic (exact) mass is 452 g/mol. The Balaban J connectivity index is 1.76. The third kappa shape index (κ3) is 5.23. The maximum atomic E-state index is 12.7. The molecule has 0 saturated carbocycles. The van der Waals surface area contributed by atoms with E-state index in [2.05, 4.69) is 14.9 Å². The largest absolute Gasteiger partial charge is 0.494 e. The van der Waals surface area contributed by atoms with Gasteiger partial charge in [-0.15, -0.1) is 10.2 Å². The molecule has 0 bridgehead atoms.